The second-order valence-electron chi connectivity index (χ2n) is 2.05. The van der Waals surface area contributed by atoms with E-state index in [-0.39, 0.29) is 0 Å². The Morgan fingerprint density at radius 2 is 1.90 bits per heavy atom. The number of benzene rings is 1. The van der Waals surface area contributed by atoms with E-state index < -0.39 is 15.0 Å². The van der Waals surface area contributed by atoms with Crippen molar-refractivity contribution < 1.29 is 4.10 Å². The molecule has 0 amide bonds. The fourth-order valence-corrected chi connectivity index (χ4v) is 2.63. The fourth-order valence-electron chi connectivity index (χ4n) is 0.783. The Hall–Kier alpha value is -0.262. The quantitative estimate of drug-likeness (QED) is 0.700. The minimum absolute atomic E-state index is 0.928. The third kappa shape index (κ3) is 1.86. The van der Waals surface area contributed by atoms with Gasteiger partial charge in [-0.1, -0.05) is 0 Å². The molecule has 1 unspecified atom stereocenters. The Balaban J connectivity index is 2.75. The van der Waals surface area contributed by atoms with Crippen LogP contribution >= 0.6 is 0 Å². The monoisotopic (exact) mass is 198 g/mol. The van der Waals surface area contributed by atoms with Gasteiger partial charge in [0, 0.05) is 0 Å². The van der Waals surface area contributed by atoms with Crippen LogP contribution in [0.25, 0.3) is 0 Å². The van der Waals surface area contributed by atoms with Gasteiger partial charge in [0.25, 0.3) is 0 Å². The molecule has 0 heterocycles. The van der Waals surface area contributed by atoms with Crippen LogP contribution in [0, 0.1) is 0 Å². The zero-order valence-electron chi connectivity index (χ0n) is 5.99. The molecule has 0 aromatic heterocycles. The van der Waals surface area contributed by atoms with E-state index in [4.69, 9.17) is 0 Å². The van der Waals surface area contributed by atoms with E-state index in [0.717, 1.165) is 9.56 Å². The normalized spacial score (nSPS) is 13.0. The molecule has 0 saturated heterocycles. The zero-order chi connectivity index (χ0) is 7.40. The standard InChI is InChI=1S/C8H11AsO/c1-2-9(10)8-6-4-3-5-7-8/h3-7,10H,2H2,1H3. The summed E-state index contributed by atoms with van der Waals surface area (Å²) in [7, 11) is 0. The number of hydrogen-bond donors (Lipinski definition) is 1. The molecule has 0 aliphatic heterocycles. The van der Waals surface area contributed by atoms with Crippen LogP contribution in [-0.2, 0) is 0 Å². The van der Waals surface area contributed by atoms with E-state index in [9.17, 15) is 4.10 Å². The molecule has 54 valence electrons. The minimum atomic E-state index is -1.60. The van der Waals surface area contributed by atoms with Crippen molar-refractivity contribution in [1.29, 1.82) is 0 Å². The molecule has 1 nitrogen and oxygen atoms in total. The Morgan fingerprint density at radius 1 is 1.30 bits per heavy atom. The van der Waals surface area contributed by atoms with Crippen LogP contribution in [0.5, 0.6) is 0 Å². The van der Waals surface area contributed by atoms with Crippen LogP contribution < -0.4 is 4.35 Å². The second kappa shape index (κ2) is 3.80. The zero-order valence-corrected chi connectivity index (χ0v) is 7.86. The molecule has 0 bridgehead atoms. The molecular weight excluding hydrogens is 187 g/mol. The van der Waals surface area contributed by atoms with Gasteiger partial charge in [0.2, 0.25) is 0 Å². The Bertz CT molecular complexity index is 186. The summed E-state index contributed by atoms with van der Waals surface area (Å²) in [5.74, 6) is 0. The van der Waals surface area contributed by atoms with Crippen LogP contribution in [0.4, 0.5) is 0 Å². The molecule has 0 aliphatic carbocycles. The first-order valence-corrected chi connectivity index (χ1v) is 6.46. The van der Waals surface area contributed by atoms with Gasteiger partial charge >= 0.3 is 65.9 Å². The van der Waals surface area contributed by atoms with E-state index in [1.165, 1.54) is 0 Å². The first-order chi connectivity index (χ1) is 4.84. The van der Waals surface area contributed by atoms with Gasteiger partial charge in [-0.2, -0.15) is 0 Å². The van der Waals surface area contributed by atoms with Gasteiger partial charge in [-0.05, 0) is 0 Å². The van der Waals surface area contributed by atoms with Crippen molar-refractivity contribution in [3.05, 3.63) is 30.3 Å². The average molecular weight is 198 g/mol. The summed E-state index contributed by atoms with van der Waals surface area (Å²) in [5, 5.41) is 0.928. The summed E-state index contributed by atoms with van der Waals surface area (Å²) in [6.07, 6.45) is 0. The van der Waals surface area contributed by atoms with Crippen LogP contribution in [0.3, 0.4) is 0 Å². The molecule has 0 fully saturated rings. The molecule has 10 heavy (non-hydrogen) atoms. The van der Waals surface area contributed by atoms with Gasteiger partial charge in [0.1, 0.15) is 0 Å². The van der Waals surface area contributed by atoms with Gasteiger partial charge in [0.15, 0.2) is 0 Å². The first kappa shape index (κ1) is 7.84. The summed E-state index contributed by atoms with van der Waals surface area (Å²) in [5.41, 5.74) is 0. The van der Waals surface area contributed by atoms with Gasteiger partial charge in [-0.25, -0.2) is 0 Å². The molecule has 0 spiro atoms. The Kier molecular flexibility index (Phi) is 2.98. The summed E-state index contributed by atoms with van der Waals surface area (Å²) in [4.78, 5) is 0. The van der Waals surface area contributed by atoms with E-state index >= 15 is 0 Å². The topological polar surface area (TPSA) is 20.2 Å². The summed E-state index contributed by atoms with van der Waals surface area (Å²) in [6.45, 7) is 2.03. The van der Waals surface area contributed by atoms with Gasteiger partial charge < -0.3 is 0 Å². The van der Waals surface area contributed by atoms with Crippen molar-refractivity contribution in [2.45, 2.75) is 12.1 Å². The van der Waals surface area contributed by atoms with Crippen LogP contribution in [0.2, 0.25) is 5.21 Å². The Morgan fingerprint density at radius 3 is 2.40 bits per heavy atom. The SMILES string of the molecule is CC[As](O)c1ccccc1. The molecule has 0 radical (unpaired) electrons. The molecule has 0 saturated carbocycles. The summed E-state index contributed by atoms with van der Waals surface area (Å²) in [6, 6.07) is 9.93. The molecule has 1 rings (SSSR count). The van der Waals surface area contributed by atoms with E-state index in [1.54, 1.807) is 0 Å². The molecule has 1 N–H and O–H groups in total. The second-order valence-corrected chi connectivity index (χ2v) is 6.14. The molecule has 1 aromatic rings. The molecule has 1 aromatic carbocycles. The fraction of sp³-hybridized carbons (Fsp3) is 0.250. The van der Waals surface area contributed by atoms with Crippen molar-refractivity contribution in [2.75, 3.05) is 0 Å². The van der Waals surface area contributed by atoms with Gasteiger partial charge in [-0.15, -0.1) is 0 Å². The molecule has 1 atom stereocenters. The van der Waals surface area contributed by atoms with Crippen LogP contribution in [0.15, 0.2) is 30.3 Å². The predicted molar refractivity (Wildman–Crippen MR) is 44.5 cm³/mol. The van der Waals surface area contributed by atoms with E-state index in [2.05, 4.69) is 0 Å². The third-order valence-electron chi connectivity index (χ3n) is 1.35. The van der Waals surface area contributed by atoms with Crippen LogP contribution in [0.1, 0.15) is 6.92 Å². The maximum absolute atomic E-state index is 9.48. The van der Waals surface area contributed by atoms with Crippen molar-refractivity contribution in [2.24, 2.45) is 0 Å². The number of rotatable bonds is 2. The van der Waals surface area contributed by atoms with Gasteiger partial charge in [-0.3, -0.25) is 0 Å². The molecular formula is C8H11AsO. The molecule has 0 aliphatic rings. The van der Waals surface area contributed by atoms with Crippen molar-refractivity contribution >= 4 is 19.3 Å². The van der Waals surface area contributed by atoms with Crippen molar-refractivity contribution in [1.82, 2.24) is 0 Å². The van der Waals surface area contributed by atoms with Gasteiger partial charge in [0.05, 0.1) is 0 Å². The third-order valence-corrected chi connectivity index (χ3v) is 4.49. The first-order valence-electron chi connectivity index (χ1n) is 3.36. The maximum atomic E-state index is 9.48. The van der Waals surface area contributed by atoms with E-state index in [1.807, 2.05) is 37.3 Å². The van der Waals surface area contributed by atoms with Crippen molar-refractivity contribution in [3.8, 4) is 0 Å². The van der Waals surface area contributed by atoms with E-state index in [0.29, 0.717) is 0 Å². The van der Waals surface area contributed by atoms with Crippen LogP contribution in [-0.4, -0.2) is 19.1 Å². The number of hydrogen-bond acceptors (Lipinski definition) is 1. The summed E-state index contributed by atoms with van der Waals surface area (Å²) >= 11 is -1.60. The Labute approximate surface area is 66.3 Å². The summed E-state index contributed by atoms with van der Waals surface area (Å²) < 4.78 is 10.6. The predicted octanol–water partition coefficient (Wildman–Crippen LogP) is 0.897. The molecule has 2 heteroatoms. The average Bonchev–Trinajstić information content (AvgIpc) is 2.05. The van der Waals surface area contributed by atoms with Crippen molar-refractivity contribution in [3.63, 3.8) is 0 Å².